The van der Waals surface area contributed by atoms with E-state index < -0.39 is 4.92 Å². The topological polar surface area (TPSA) is 89.5 Å². The van der Waals surface area contributed by atoms with Crippen LogP contribution in [0, 0.1) is 10.1 Å². The molecule has 1 aromatic heterocycles. The Bertz CT molecular complexity index is 655. The summed E-state index contributed by atoms with van der Waals surface area (Å²) in [6.07, 6.45) is 0. The van der Waals surface area contributed by atoms with E-state index in [0.29, 0.717) is 13.1 Å². The molecule has 0 aliphatic heterocycles. The third-order valence-corrected chi connectivity index (χ3v) is 3.93. The van der Waals surface area contributed by atoms with Crippen molar-refractivity contribution in [3.8, 4) is 0 Å². The van der Waals surface area contributed by atoms with E-state index in [-0.39, 0.29) is 22.8 Å². The lowest BCUT2D eigenvalue weighted by Crippen LogP contribution is -2.30. The Labute approximate surface area is 126 Å². The molecule has 21 heavy (non-hydrogen) atoms. The zero-order chi connectivity index (χ0) is 15.4. The fourth-order valence-corrected chi connectivity index (χ4v) is 2.65. The summed E-state index contributed by atoms with van der Waals surface area (Å²) in [6.45, 7) is 2.83. The van der Waals surface area contributed by atoms with Gasteiger partial charge in [-0.25, -0.2) is 0 Å². The Kier molecular flexibility index (Phi) is 4.54. The van der Waals surface area contributed by atoms with Gasteiger partial charge in [-0.2, -0.15) is 0 Å². The first-order valence-electron chi connectivity index (χ1n) is 6.38. The van der Waals surface area contributed by atoms with Gasteiger partial charge in [-0.15, -0.1) is 11.3 Å². The van der Waals surface area contributed by atoms with Gasteiger partial charge in [-0.1, -0.05) is 6.07 Å². The summed E-state index contributed by atoms with van der Waals surface area (Å²) in [4.78, 5) is 25.5. The molecule has 7 heteroatoms. The minimum atomic E-state index is -0.536. The molecule has 1 heterocycles. The number of thiophene rings is 1. The summed E-state index contributed by atoms with van der Waals surface area (Å²) in [5.41, 5.74) is 6.06. The van der Waals surface area contributed by atoms with Gasteiger partial charge in [0.25, 0.3) is 11.6 Å². The van der Waals surface area contributed by atoms with Crippen molar-refractivity contribution in [3.63, 3.8) is 0 Å². The molecule has 0 spiro atoms. The van der Waals surface area contributed by atoms with Crippen molar-refractivity contribution in [2.75, 3.05) is 12.3 Å². The normalized spacial score (nSPS) is 10.3. The van der Waals surface area contributed by atoms with Crippen LogP contribution in [-0.2, 0) is 6.54 Å². The zero-order valence-electron chi connectivity index (χ0n) is 11.5. The third-order valence-electron chi connectivity index (χ3n) is 3.07. The molecule has 1 amide bonds. The summed E-state index contributed by atoms with van der Waals surface area (Å²) >= 11 is 1.56. The average Bonchev–Trinajstić information content (AvgIpc) is 2.97. The average molecular weight is 305 g/mol. The van der Waals surface area contributed by atoms with Crippen molar-refractivity contribution >= 4 is 28.6 Å². The second kappa shape index (κ2) is 6.36. The zero-order valence-corrected chi connectivity index (χ0v) is 12.3. The van der Waals surface area contributed by atoms with Crippen LogP contribution in [0.5, 0.6) is 0 Å². The van der Waals surface area contributed by atoms with Crippen molar-refractivity contribution in [2.45, 2.75) is 13.5 Å². The molecule has 0 saturated heterocycles. The summed E-state index contributed by atoms with van der Waals surface area (Å²) in [5.74, 6) is -0.299. The second-order valence-corrected chi connectivity index (χ2v) is 5.46. The highest BCUT2D eigenvalue weighted by atomic mass is 32.1. The van der Waals surface area contributed by atoms with Gasteiger partial charge in [-0.05, 0) is 24.4 Å². The van der Waals surface area contributed by atoms with Crippen molar-refractivity contribution in [1.29, 1.82) is 0 Å². The molecule has 0 aliphatic rings. The molecule has 0 atom stereocenters. The van der Waals surface area contributed by atoms with Crippen LogP contribution in [0.2, 0.25) is 0 Å². The number of carbonyl (C=O) groups is 1. The minimum Gasteiger partial charge on any atom is -0.398 e. The number of hydrogen-bond donors (Lipinski definition) is 1. The number of nitro groups is 1. The van der Waals surface area contributed by atoms with Crippen molar-refractivity contribution in [3.05, 3.63) is 56.3 Å². The van der Waals surface area contributed by atoms with Crippen LogP contribution in [0.25, 0.3) is 0 Å². The van der Waals surface area contributed by atoms with E-state index >= 15 is 0 Å². The highest BCUT2D eigenvalue weighted by Gasteiger charge is 2.20. The van der Waals surface area contributed by atoms with Gasteiger partial charge >= 0.3 is 0 Å². The van der Waals surface area contributed by atoms with E-state index in [1.807, 2.05) is 24.4 Å². The fraction of sp³-hybridized carbons (Fsp3) is 0.214. The lowest BCUT2D eigenvalue weighted by atomic mass is 10.1. The van der Waals surface area contributed by atoms with Crippen LogP contribution in [0.4, 0.5) is 11.4 Å². The number of nitrogens with two attached hydrogens (primary N) is 1. The first-order valence-corrected chi connectivity index (χ1v) is 7.26. The summed E-state index contributed by atoms with van der Waals surface area (Å²) in [6, 6.07) is 7.78. The molecule has 2 rings (SSSR count). The molecular formula is C14H15N3O3S. The van der Waals surface area contributed by atoms with Gasteiger partial charge in [0.05, 0.1) is 17.0 Å². The second-order valence-electron chi connectivity index (χ2n) is 4.43. The number of nitro benzene ring substituents is 1. The molecule has 110 valence electrons. The van der Waals surface area contributed by atoms with Gasteiger partial charge < -0.3 is 10.6 Å². The van der Waals surface area contributed by atoms with E-state index in [9.17, 15) is 14.9 Å². The predicted molar refractivity (Wildman–Crippen MR) is 82.2 cm³/mol. The van der Waals surface area contributed by atoms with Crippen LogP contribution in [0.15, 0.2) is 35.7 Å². The molecule has 0 aliphatic carbocycles. The SMILES string of the molecule is CCN(Cc1cccs1)C(=O)c1cc([N+](=O)[O-])ccc1N. The summed E-state index contributed by atoms with van der Waals surface area (Å²) in [7, 11) is 0. The molecule has 0 saturated carbocycles. The van der Waals surface area contributed by atoms with Gasteiger partial charge in [0.1, 0.15) is 0 Å². The quantitative estimate of drug-likeness (QED) is 0.522. The standard InChI is InChI=1S/C14H15N3O3S/c1-2-16(9-11-4-3-7-21-11)14(18)12-8-10(17(19)20)5-6-13(12)15/h3-8H,2,9,15H2,1H3. The third kappa shape index (κ3) is 3.38. The number of benzene rings is 1. The number of non-ortho nitro benzene ring substituents is 1. The number of anilines is 1. The highest BCUT2D eigenvalue weighted by molar-refractivity contribution is 7.09. The maximum atomic E-state index is 12.5. The number of nitrogen functional groups attached to an aromatic ring is 1. The predicted octanol–water partition coefficient (Wildman–Crippen LogP) is 2.90. The van der Waals surface area contributed by atoms with Crippen molar-refractivity contribution < 1.29 is 9.72 Å². The number of carbonyl (C=O) groups excluding carboxylic acids is 1. The summed E-state index contributed by atoms with van der Waals surface area (Å²) in [5, 5.41) is 12.8. The van der Waals surface area contributed by atoms with Gasteiger partial charge in [0.15, 0.2) is 0 Å². The first kappa shape index (κ1) is 15.0. The Morgan fingerprint density at radius 3 is 2.76 bits per heavy atom. The lowest BCUT2D eigenvalue weighted by Gasteiger charge is -2.20. The minimum absolute atomic E-state index is 0.139. The monoisotopic (exact) mass is 305 g/mol. The molecule has 0 radical (unpaired) electrons. The van der Waals surface area contributed by atoms with Crippen molar-refractivity contribution in [1.82, 2.24) is 4.90 Å². The van der Waals surface area contributed by atoms with E-state index in [1.165, 1.54) is 18.2 Å². The van der Waals surface area contributed by atoms with Crippen LogP contribution < -0.4 is 5.73 Å². The van der Waals surface area contributed by atoms with Crippen molar-refractivity contribution in [2.24, 2.45) is 0 Å². The lowest BCUT2D eigenvalue weighted by molar-refractivity contribution is -0.384. The Morgan fingerprint density at radius 2 is 2.19 bits per heavy atom. The number of rotatable bonds is 5. The number of amides is 1. The molecule has 2 N–H and O–H groups in total. The molecule has 0 bridgehead atoms. The maximum Gasteiger partial charge on any atom is 0.270 e. The number of nitrogens with zero attached hydrogens (tertiary/aromatic N) is 2. The molecule has 1 aromatic carbocycles. The molecule has 0 unspecified atom stereocenters. The fourth-order valence-electron chi connectivity index (χ4n) is 1.93. The Morgan fingerprint density at radius 1 is 1.43 bits per heavy atom. The van der Waals surface area contributed by atoms with Crippen LogP contribution in [-0.4, -0.2) is 22.3 Å². The van der Waals surface area contributed by atoms with Gasteiger partial charge in [0.2, 0.25) is 0 Å². The Balaban J connectivity index is 2.28. The van der Waals surface area contributed by atoms with E-state index in [0.717, 1.165) is 4.88 Å². The molecular weight excluding hydrogens is 290 g/mol. The molecule has 6 nitrogen and oxygen atoms in total. The molecule has 2 aromatic rings. The smallest absolute Gasteiger partial charge is 0.270 e. The van der Waals surface area contributed by atoms with Gasteiger partial charge in [-0.3, -0.25) is 14.9 Å². The first-order chi connectivity index (χ1) is 10.0. The Hall–Kier alpha value is -2.41. The van der Waals surface area contributed by atoms with Crippen LogP contribution in [0.1, 0.15) is 22.2 Å². The highest BCUT2D eigenvalue weighted by Crippen LogP contribution is 2.22. The molecule has 0 fully saturated rings. The van der Waals surface area contributed by atoms with E-state index in [4.69, 9.17) is 5.73 Å². The maximum absolute atomic E-state index is 12.5. The summed E-state index contributed by atoms with van der Waals surface area (Å²) < 4.78 is 0. The van der Waals surface area contributed by atoms with Gasteiger partial charge in [0, 0.05) is 29.2 Å². The number of hydrogen-bond acceptors (Lipinski definition) is 5. The van der Waals surface area contributed by atoms with E-state index in [2.05, 4.69) is 0 Å². The van der Waals surface area contributed by atoms with Crippen LogP contribution in [0.3, 0.4) is 0 Å². The van der Waals surface area contributed by atoms with E-state index in [1.54, 1.807) is 16.2 Å². The van der Waals surface area contributed by atoms with Crippen LogP contribution >= 0.6 is 11.3 Å². The largest absolute Gasteiger partial charge is 0.398 e.